The zero-order chi connectivity index (χ0) is 11.4. The van der Waals surface area contributed by atoms with Gasteiger partial charge in [-0.3, -0.25) is 0 Å². The third-order valence-corrected chi connectivity index (χ3v) is 2.87. The fraction of sp³-hybridized carbons (Fsp3) is 0.462. The number of aromatic nitrogens is 1. The molecule has 0 fully saturated rings. The van der Waals surface area contributed by atoms with Crippen LogP contribution in [0.15, 0.2) is 28.7 Å². The average Bonchev–Trinajstić information content (AvgIpc) is 2.73. The van der Waals surface area contributed by atoms with Crippen molar-refractivity contribution in [2.45, 2.75) is 20.3 Å². The van der Waals surface area contributed by atoms with Crippen molar-refractivity contribution >= 4 is 11.1 Å². The smallest absolute Gasteiger partial charge is 0.196 e. The topological polar surface area (TPSA) is 29.3 Å². The van der Waals surface area contributed by atoms with Gasteiger partial charge in [-0.05, 0) is 25.2 Å². The Labute approximate surface area is 96.1 Å². The van der Waals surface area contributed by atoms with Gasteiger partial charge in [-0.15, -0.1) is 0 Å². The molecule has 0 amide bonds. The monoisotopic (exact) mass is 218 g/mol. The van der Waals surface area contributed by atoms with E-state index in [1.807, 2.05) is 24.3 Å². The van der Waals surface area contributed by atoms with Crippen molar-refractivity contribution in [3.8, 4) is 0 Å². The fourth-order valence-corrected chi connectivity index (χ4v) is 1.82. The Bertz CT molecular complexity index is 413. The molecule has 0 saturated carbocycles. The molecule has 0 unspecified atom stereocenters. The van der Waals surface area contributed by atoms with Crippen LogP contribution in [0.1, 0.15) is 19.7 Å². The lowest BCUT2D eigenvalue weighted by atomic mass is 10.3. The molecule has 0 spiro atoms. The van der Waals surface area contributed by atoms with Gasteiger partial charge < -0.3 is 9.32 Å². The number of oxazole rings is 1. The van der Waals surface area contributed by atoms with E-state index in [0.29, 0.717) is 0 Å². The summed E-state index contributed by atoms with van der Waals surface area (Å²) < 4.78 is 5.67. The number of fused-ring (bicyclic) bond motifs is 1. The predicted molar refractivity (Wildman–Crippen MR) is 65.5 cm³/mol. The highest BCUT2D eigenvalue weighted by Gasteiger charge is 2.06. The van der Waals surface area contributed by atoms with Gasteiger partial charge in [-0.25, -0.2) is 4.98 Å². The van der Waals surface area contributed by atoms with Crippen LogP contribution in [0.25, 0.3) is 11.1 Å². The Balaban J connectivity index is 2.04. The minimum Gasteiger partial charge on any atom is -0.441 e. The van der Waals surface area contributed by atoms with Crippen LogP contribution in [0.2, 0.25) is 0 Å². The van der Waals surface area contributed by atoms with Crippen LogP contribution in [0.3, 0.4) is 0 Å². The highest BCUT2D eigenvalue weighted by Crippen LogP contribution is 2.14. The first kappa shape index (κ1) is 11.1. The van der Waals surface area contributed by atoms with Crippen LogP contribution in [-0.2, 0) is 6.42 Å². The molecule has 0 aliphatic rings. The van der Waals surface area contributed by atoms with E-state index in [2.05, 4.69) is 23.7 Å². The minimum absolute atomic E-state index is 0.841. The quantitative estimate of drug-likeness (QED) is 0.772. The Morgan fingerprint density at radius 3 is 2.62 bits per heavy atom. The van der Waals surface area contributed by atoms with Crippen LogP contribution in [-0.4, -0.2) is 29.5 Å². The lowest BCUT2D eigenvalue weighted by Gasteiger charge is -2.16. The molecule has 3 nitrogen and oxygen atoms in total. The second-order valence-corrected chi connectivity index (χ2v) is 3.85. The second kappa shape index (κ2) is 5.12. The Morgan fingerprint density at radius 1 is 1.19 bits per heavy atom. The number of nitrogens with zero attached hydrogens (tertiary/aromatic N) is 2. The maximum atomic E-state index is 5.67. The van der Waals surface area contributed by atoms with Crippen molar-refractivity contribution in [1.29, 1.82) is 0 Å². The van der Waals surface area contributed by atoms with Crippen LogP contribution in [0, 0.1) is 0 Å². The summed E-state index contributed by atoms with van der Waals surface area (Å²) in [6.45, 7) is 7.53. The van der Waals surface area contributed by atoms with Crippen molar-refractivity contribution in [1.82, 2.24) is 9.88 Å². The predicted octanol–water partition coefficient (Wildman–Crippen LogP) is 2.71. The Hall–Kier alpha value is -1.35. The summed E-state index contributed by atoms with van der Waals surface area (Å²) in [4.78, 5) is 6.83. The van der Waals surface area contributed by atoms with Crippen LogP contribution in [0.5, 0.6) is 0 Å². The average molecular weight is 218 g/mol. The summed E-state index contributed by atoms with van der Waals surface area (Å²) >= 11 is 0. The summed E-state index contributed by atoms with van der Waals surface area (Å²) in [7, 11) is 0. The molecule has 0 bridgehead atoms. The van der Waals surface area contributed by atoms with Crippen molar-refractivity contribution in [3.05, 3.63) is 30.2 Å². The van der Waals surface area contributed by atoms with E-state index in [4.69, 9.17) is 4.42 Å². The molecule has 0 saturated heterocycles. The van der Waals surface area contributed by atoms with Gasteiger partial charge in [-0.2, -0.15) is 0 Å². The van der Waals surface area contributed by atoms with Crippen molar-refractivity contribution in [2.24, 2.45) is 0 Å². The second-order valence-electron chi connectivity index (χ2n) is 3.85. The lowest BCUT2D eigenvalue weighted by Crippen LogP contribution is -2.25. The summed E-state index contributed by atoms with van der Waals surface area (Å²) in [6, 6.07) is 7.91. The minimum atomic E-state index is 0.841. The molecule has 0 radical (unpaired) electrons. The standard InChI is InChI=1S/C13H18N2O/c1-3-15(4-2)10-9-13-14-11-7-5-6-8-12(11)16-13/h5-8H,3-4,9-10H2,1-2H3. The normalized spacial score (nSPS) is 11.4. The van der Waals surface area contributed by atoms with Crippen LogP contribution < -0.4 is 0 Å². The maximum Gasteiger partial charge on any atom is 0.196 e. The molecule has 16 heavy (non-hydrogen) atoms. The molecule has 1 aromatic carbocycles. The van der Waals surface area contributed by atoms with E-state index in [0.717, 1.165) is 43.0 Å². The van der Waals surface area contributed by atoms with Gasteiger partial charge in [-0.1, -0.05) is 26.0 Å². The summed E-state index contributed by atoms with van der Waals surface area (Å²) in [5.74, 6) is 0.841. The van der Waals surface area contributed by atoms with Gasteiger partial charge in [0.1, 0.15) is 5.52 Å². The van der Waals surface area contributed by atoms with Gasteiger partial charge in [0.05, 0.1) is 0 Å². The highest BCUT2D eigenvalue weighted by molar-refractivity contribution is 5.72. The van der Waals surface area contributed by atoms with E-state index in [1.165, 1.54) is 0 Å². The molecule has 2 rings (SSSR count). The summed E-state index contributed by atoms with van der Waals surface area (Å²) in [5.41, 5.74) is 1.84. The summed E-state index contributed by atoms with van der Waals surface area (Å²) in [5, 5.41) is 0. The third-order valence-electron chi connectivity index (χ3n) is 2.87. The molecule has 1 heterocycles. The van der Waals surface area contributed by atoms with Gasteiger partial charge in [0.2, 0.25) is 0 Å². The van der Waals surface area contributed by atoms with Gasteiger partial charge >= 0.3 is 0 Å². The molecule has 0 aliphatic heterocycles. The molecule has 86 valence electrons. The molecular weight excluding hydrogens is 200 g/mol. The number of hydrogen-bond donors (Lipinski definition) is 0. The maximum absolute atomic E-state index is 5.67. The molecule has 3 heteroatoms. The first-order valence-corrected chi connectivity index (χ1v) is 5.90. The fourth-order valence-electron chi connectivity index (χ4n) is 1.82. The van der Waals surface area contributed by atoms with E-state index in [9.17, 15) is 0 Å². The zero-order valence-corrected chi connectivity index (χ0v) is 9.94. The SMILES string of the molecule is CCN(CC)CCc1nc2ccccc2o1. The number of hydrogen-bond acceptors (Lipinski definition) is 3. The molecule has 0 aliphatic carbocycles. The highest BCUT2D eigenvalue weighted by atomic mass is 16.3. The van der Waals surface area contributed by atoms with E-state index >= 15 is 0 Å². The number of benzene rings is 1. The first-order valence-electron chi connectivity index (χ1n) is 5.90. The molecule has 1 aromatic heterocycles. The van der Waals surface area contributed by atoms with Crippen molar-refractivity contribution in [3.63, 3.8) is 0 Å². The van der Waals surface area contributed by atoms with Crippen LogP contribution in [0.4, 0.5) is 0 Å². The van der Waals surface area contributed by atoms with Gasteiger partial charge in [0.15, 0.2) is 11.5 Å². The summed E-state index contributed by atoms with van der Waals surface area (Å²) in [6.07, 6.45) is 0.885. The molecule has 0 N–H and O–H groups in total. The number of para-hydroxylation sites is 2. The van der Waals surface area contributed by atoms with Gasteiger partial charge in [0.25, 0.3) is 0 Å². The van der Waals surface area contributed by atoms with Crippen molar-refractivity contribution in [2.75, 3.05) is 19.6 Å². The largest absolute Gasteiger partial charge is 0.441 e. The first-order chi connectivity index (χ1) is 7.83. The number of rotatable bonds is 5. The number of likely N-dealkylation sites (N-methyl/N-ethyl adjacent to an activating group) is 1. The zero-order valence-electron chi connectivity index (χ0n) is 9.94. The Morgan fingerprint density at radius 2 is 1.94 bits per heavy atom. The van der Waals surface area contributed by atoms with E-state index in [-0.39, 0.29) is 0 Å². The molecule has 0 atom stereocenters. The lowest BCUT2D eigenvalue weighted by molar-refractivity contribution is 0.298. The Kier molecular flexibility index (Phi) is 3.57. The molecular formula is C13H18N2O. The van der Waals surface area contributed by atoms with E-state index in [1.54, 1.807) is 0 Å². The molecule has 2 aromatic rings. The van der Waals surface area contributed by atoms with E-state index < -0.39 is 0 Å². The van der Waals surface area contributed by atoms with Crippen molar-refractivity contribution < 1.29 is 4.42 Å². The van der Waals surface area contributed by atoms with Gasteiger partial charge in [0, 0.05) is 13.0 Å². The van der Waals surface area contributed by atoms with Crippen LogP contribution >= 0.6 is 0 Å². The third kappa shape index (κ3) is 2.42.